The molecule has 4 aromatic rings. The zero-order valence-electron chi connectivity index (χ0n) is 13.8. The average molecular weight is 310 g/mol. The van der Waals surface area contributed by atoms with Gasteiger partial charge in [0.15, 0.2) is 0 Å². The molecule has 2 nitrogen and oxygen atoms in total. The normalized spacial score (nSPS) is 14.6. The summed E-state index contributed by atoms with van der Waals surface area (Å²) in [4.78, 5) is 0. The monoisotopic (exact) mass is 310 g/mol. The van der Waals surface area contributed by atoms with Gasteiger partial charge in [0.1, 0.15) is 0 Å². The van der Waals surface area contributed by atoms with Crippen LogP contribution in [0.3, 0.4) is 0 Å². The number of para-hydroxylation sites is 3. The highest BCUT2D eigenvalue weighted by atomic mass is 15.1. The minimum Gasteiger partial charge on any atom is -0.292 e. The lowest BCUT2D eigenvalue weighted by Gasteiger charge is -2.34. The van der Waals surface area contributed by atoms with E-state index < -0.39 is 0 Å². The standard InChI is InChI=1S/C22H18N2/c1-22(2)17-11-6-7-13-19(17)24-15-23(16-9-4-3-5-10-16)20-14-8-12-18(22)21(20)24/h3-14H,1-2H3. The molecule has 0 atom stereocenters. The molecule has 0 radical (unpaired) electrons. The van der Waals surface area contributed by atoms with Crippen LogP contribution in [-0.4, -0.2) is 4.57 Å². The molecule has 0 bridgehead atoms. The van der Waals surface area contributed by atoms with Gasteiger partial charge in [0.2, 0.25) is 0 Å². The van der Waals surface area contributed by atoms with Gasteiger partial charge in [-0.1, -0.05) is 68.4 Å². The molecule has 0 amide bonds. The van der Waals surface area contributed by atoms with Crippen molar-refractivity contribution < 1.29 is 4.57 Å². The summed E-state index contributed by atoms with van der Waals surface area (Å²) in [5, 5.41) is 0. The van der Waals surface area contributed by atoms with Crippen LogP contribution in [0.25, 0.3) is 22.4 Å². The van der Waals surface area contributed by atoms with E-state index >= 15 is 0 Å². The molecule has 1 aromatic heterocycles. The number of benzene rings is 3. The summed E-state index contributed by atoms with van der Waals surface area (Å²) < 4.78 is 4.38. The van der Waals surface area contributed by atoms with Crippen LogP contribution in [0.1, 0.15) is 25.0 Å². The quantitative estimate of drug-likeness (QED) is 0.365. The summed E-state index contributed by atoms with van der Waals surface area (Å²) >= 11 is 0. The molecule has 1 aliphatic heterocycles. The van der Waals surface area contributed by atoms with E-state index in [-0.39, 0.29) is 5.41 Å². The predicted octanol–water partition coefficient (Wildman–Crippen LogP) is 4.35. The zero-order valence-corrected chi connectivity index (χ0v) is 13.8. The number of rotatable bonds is 1. The maximum atomic E-state index is 3.58. The van der Waals surface area contributed by atoms with Crippen LogP contribution in [-0.2, 0) is 5.41 Å². The minimum atomic E-state index is -0.0210. The van der Waals surface area contributed by atoms with Crippen LogP contribution in [0, 0.1) is 6.33 Å². The molecule has 5 rings (SSSR count). The SMILES string of the molecule is CC1(C)c2ccccc2-[n+]2[c-]n(-c3ccccc3)c3cccc1c32. The summed E-state index contributed by atoms with van der Waals surface area (Å²) in [5.74, 6) is 0. The maximum Gasteiger partial charge on any atom is 0.269 e. The van der Waals surface area contributed by atoms with E-state index in [1.807, 2.05) is 6.07 Å². The molecule has 0 N–H and O–H groups in total. The average Bonchev–Trinajstić information content (AvgIpc) is 3.01. The number of imidazole rings is 1. The van der Waals surface area contributed by atoms with Crippen LogP contribution in [0.5, 0.6) is 0 Å². The molecular weight excluding hydrogens is 292 g/mol. The first-order chi connectivity index (χ1) is 11.7. The molecule has 1 aliphatic rings. The highest BCUT2D eigenvalue weighted by Gasteiger charge is 2.34. The van der Waals surface area contributed by atoms with E-state index in [1.165, 1.54) is 27.8 Å². The smallest absolute Gasteiger partial charge is 0.269 e. The molecule has 0 aliphatic carbocycles. The van der Waals surface area contributed by atoms with E-state index in [0.29, 0.717) is 0 Å². The third-order valence-electron chi connectivity index (χ3n) is 5.19. The lowest BCUT2D eigenvalue weighted by molar-refractivity contribution is -0.575. The lowest BCUT2D eigenvalue weighted by atomic mass is 9.75. The molecule has 24 heavy (non-hydrogen) atoms. The Hall–Kier alpha value is -2.87. The topological polar surface area (TPSA) is 8.81 Å². The van der Waals surface area contributed by atoms with Crippen LogP contribution in [0.15, 0.2) is 72.8 Å². The number of fused-ring (bicyclic) bond motifs is 2. The van der Waals surface area contributed by atoms with Crippen LogP contribution in [0.4, 0.5) is 0 Å². The molecule has 116 valence electrons. The Kier molecular flexibility index (Phi) is 2.58. The van der Waals surface area contributed by atoms with Gasteiger partial charge in [-0.25, -0.2) is 0 Å². The van der Waals surface area contributed by atoms with Gasteiger partial charge in [0.25, 0.3) is 6.33 Å². The predicted molar refractivity (Wildman–Crippen MR) is 95.8 cm³/mol. The Balaban J connectivity index is 1.95. The van der Waals surface area contributed by atoms with Crippen molar-refractivity contribution in [2.45, 2.75) is 19.3 Å². The van der Waals surface area contributed by atoms with E-state index in [1.54, 1.807) is 0 Å². The van der Waals surface area contributed by atoms with Crippen molar-refractivity contribution in [2.24, 2.45) is 0 Å². The Bertz CT molecular complexity index is 1070. The molecule has 0 unspecified atom stereocenters. The van der Waals surface area contributed by atoms with Crippen LogP contribution < -0.4 is 4.57 Å². The van der Waals surface area contributed by atoms with Crippen LogP contribution >= 0.6 is 0 Å². The number of hydrogen-bond acceptors (Lipinski definition) is 0. The molecule has 2 heteroatoms. The molecule has 0 spiro atoms. The second kappa shape index (κ2) is 4.57. The van der Waals surface area contributed by atoms with Gasteiger partial charge >= 0.3 is 0 Å². The number of aromatic nitrogens is 2. The van der Waals surface area contributed by atoms with E-state index in [2.05, 4.69) is 96.0 Å². The highest BCUT2D eigenvalue weighted by Crippen LogP contribution is 2.40. The third kappa shape index (κ3) is 1.63. The first-order valence-corrected chi connectivity index (χ1v) is 8.32. The largest absolute Gasteiger partial charge is 0.292 e. The van der Waals surface area contributed by atoms with Crippen molar-refractivity contribution in [2.75, 3.05) is 0 Å². The fourth-order valence-corrected chi connectivity index (χ4v) is 3.95. The second-order valence-corrected chi connectivity index (χ2v) is 6.92. The fourth-order valence-electron chi connectivity index (χ4n) is 3.95. The Morgan fingerprint density at radius 1 is 0.792 bits per heavy atom. The molecule has 0 saturated carbocycles. The summed E-state index contributed by atoms with van der Waals surface area (Å²) in [7, 11) is 0. The van der Waals surface area contributed by atoms with Crippen molar-refractivity contribution >= 4 is 11.0 Å². The molecule has 2 heterocycles. The van der Waals surface area contributed by atoms with Gasteiger partial charge in [-0.3, -0.25) is 9.13 Å². The zero-order chi connectivity index (χ0) is 16.3. The van der Waals surface area contributed by atoms with E-state index in [9.17, 15) is 0 Å². The highest BCUT2D eigenvalue weighted by molar-refractivity contribution is 5.81. The van der Waals surface area contributed by atoms with Gasteiger partial charge in [0, 0.05) is 5.41 Å². The maximum absolute atomic E-state index is 3.58. The van der Waals surface area contributed by atoms with Crippen molar-refractivity contribution in [3.8, 4) is 11.4 Å². The third-order valence-corrected chi connectivity index (χ3v) is 5.19. The molecule has 0 saturated heterocycles. The Labute approximate surface area is 141 Å². The van der Waals surface area contributed by atoms with Crippen molar-refractivity contribution in [1.29, 1.82) is 0 Å². The van der Waals surface area contributed by atoms with Crippen molar-refractivity contribution in [3.63, 3.8) is 0 Å². The second-order valence-electron chi connectivity index (χ2n) is 6.92. The summed E-state index contributed by atoms with van der Waals surface area (Å²) in [6.45, 7) is 4.62. The molecule has 3 aromatic carbocycles. The van der Waals surface area contributed by atoms with Gasteiger partial charge in [0.05, 0.1) is 22.4 Å². The minimum absolute atomic E-state index is 0.0210. The fraction of sp³-hybridized carbons (Fsp3) is 0.136. The summed E-state index contributed by atoms with van der Waals surface area (Å²) in [6.07, 6.45) is 3.58. The first kappa shape index (κ1) is 13.6. The summed E-state index contributed by atoms with van der Waals surface area (Å²) in [5.41, 5.74) is 7.48. The van der Waals surface area contributed by atoms with Gasteiger partial charge < -0.3 is 0 Å². The number of hydrogen-bond donors (Lipinski definition) is 0. The lowest BCUT2D eigenvalue weighted by Crippen LogP contribution is -2.40. The van der Waals surface area contributed by atoms with E-state index in [0.717, 1.165) is 5.69 Å². The van der Waals surface area contributed by atoms with Crippen LogP contribution in [0.2, 0.25) is 0 Å². The van der Waals surface area contributed by atoms with Gasteiger partial charge in [-0.15, -0.1) is 0 Å². The van der Waals surface area contributed by atoms with E-state index in [4.69, 9.17) is 0 Å². The van der Waals surface area contributed by atoms with Gasteiger partial charge in [-0.05, 0) is 29.3 Å². The number of nitrogens with zero attached hydrogens (tertiary/aromatic N) is 2. The molecule has 0 fully saturated rings. The first-order valence-electron chi connectivity index (χ1n) is 8.32. The van der Waals surface area contributed by atoms with Crippen molar-refractivity contribution in [3.05, 3.63) is 90.3 Å². The van der Waals surface area contributed by atoms with Crippen molar-refractivity contribution in [1.82, 2.24) is 4.57 Å². The summed E-state index contributed by atoms with van der Waals surface area (Å²) in [6, 6.07) is 25.7. The Morgan fingerprint density at radius 3 is 2.33 bits per heavy atom. The Morgan fingerprint density at radius 2 is 1.50 bits per heavy atom. The molecular formula is C22H18N2. The van der Waals surface area contributed by atoms with Gasteiger partial charge in [-0.2, -0.15) is 0 Å².